The second-order valence-corrected chi connectivity index (χ2v) is 9.00. The molecule has 0 fully saturated rings. The van der Waals surface area contributed by atoms with Gasteiger partial charge in [0.2, 0.25) is 5.90 Å². The maximum atomic E-state index is 10.3. The molecule has 13 nitrogen and oxygen atoms in total. The van der Waals surface area contributed by atoms with Gasteiger partial charge in [0, 0.05) is 6.07 Å². The molecule has 0 atom stereocenters. The highest BCUT2D eigenvalue weighted by atomic mass is 17.2. The van der Waals surface area contributed by atoms with Crippen molar-refractivity contribution in [1.29, 1.82) is 0 Å². The van der Waals surface area contributed by atoms with Gasteiger partial charge in [-0.25, -0.2) is 9.78 Å². The van der Waals surface area contributed by atoms with Gasteiger partial charge in [-0.3, -0.25) is 21.4 Å². The number of nitro groups is 1. The number of ether oxygens (including phenoxy) is 2. The first kappa shape index (κ1) is 38.8. The van der Waals surface area contributed by atoms with Crippen LogP contribution in [0.1, 0.15) is 53.5 Å². The summed E-state index contributed by atoms with van der Waals surface area (Å²) in [5, 5.41) is 14.6. The topological polar surface area (TPSA) is 161 Å². The molecule has 2 aromatic rings. The maximum Gasteiger partial charge on any atom is 0.293 e. The van der Waals surface area contributed by atoms with Crippen molar-refractivity contribution >= 4 is 23.0 Å². The molecule has 4 N–H and O–H groups in total. The zero-order chi connectivity index (χ0) is 32.6. The summed E-state index contributed by atoms with van der Waals surface area (Å²) < 4.78 is 10.9. The molecule has 240 valence electrons. The van der Waals surface area contributed by atoms with Gasteiger partial charge in [0.25, 0.3) is 5.69 Å². The molecule has 2 rings (SSSR count). The summed E-state index contributed by atoms with van der Waals surface area (Å²) in [6, 6.07) is 14.1. The molecule has 0 aliphatic carbocycles. The minimum absolute atomic E-state index is 0.0185. The van der Waals surface area contributed by atoms with Crippen molar-refractivity contribution in [2.45, 2.75) is 67.1 Å². The van der Waals surface area contributed by atoms with E-state index >= 15 is 0 Å². The highest BCUT2D eigenvalue weighted by Crippen LogP contribution is 2.21. The third-order valence-electron chi connectivity index (χ3n) is 4.64. The van der Waals surface area contributed by atoms with E-state index in [1.807, 2.05) is 72.7 Å². The molecule has 0 saturated carbocycles. The van der Waals surface area contributed by atoms with Crippen LogP contribution in [0.5, 0.6) is 0 Å². The Bertz CT molecular complexity index is 1130. The van der Waals surface area contributed by atoms with E-state index in [4.69, 9.17) is 30.0 Å². The van der Waals surface area contributed by atoms with E-state index in [0.29, 0.717) is 49.3 Å². The van der Waals surface area contributed by atoms with Crippen LogP contribution in [-0.2, 0) is 29.0 Å². The number of rotatable bonds is 16. The molecule has 0 radical (unpaired) electrons. The lowest BCUT2D eigenvalue weighted by molar-refractivity contribution is -0.384. The Kier molecular flexibility index (Phi) is 21.1. The Labute approximate surface area is 254 Å². The number of hydrazone groups is 1. The van der Waals surface area contributed by atoms with Crippen molar-refractivity contribution in [3.63, 3.8) is 0 Å². The van der Waals surface area contributed by atoms with E-state index in [2.05, 4.69) is 34.0 Å². The quantitative estimate of drug-likeness (QED) is 0.0213. The van der Waals surface area contributed by atoms with Crippen molar-refractivity contribution in [2.24, 2.45) is 10.9 Å². The fraction of sp³-hybridized carbons (Fsp3) is 0.433. The van der Waals surface area contributed by atoms with Crippen LogP contribution in [0.2, 0.25) is 0 Å². The highest BCUT2D eigenvalue weighted by Gasteiger charge is 2.10. The van der Waals surface area contributed by atoms with Gasteiger partial charge in [0.1, 0.15) is 5.69 Å². The Hall–Kier alpha value is -4.17. The first-order valence-corrected chi connectivity index (χ1v) is 13.8. The summed E-state index contributed by atoms with van der Waals surface area (Å²) in [4.78, 5) is 29.0. The summed E-state index contributed by atoms with van der Waals surface area (Å²) in [7, 11) is 0. The highest BCUT2D eigenvalue weighted by molar-refractivity contribution is 5.77. The average molecular weight is 606 g/mol. The van der Waals surface area contributed by atoms with E-state index in [9.17, 15) is 10.1 Å². The number of hydrogen-bond acceptors (Lipinski definition) is 12. The first-order valence-electron chi connectivity index (χ1n) is 13.8. The fourth-order valence-corrected chi connectivity index (χ4v) is 2.79. The number of hydrazine groups is 1. The maximum absolute atomic E-state index is 10.3. The summed E-state index contributed by atoms with van der Waals surface area (Å²) in [5.41, 5.74) is 7.65. The summed E-state index contributed by atoms with van der Waals surface area (Å²) in [5.74, 6) is 6.35. The van der Waals surface area contributed by atoms with Crippen molar-refractivity contribution in [3.05, 3.63) is 88.9 Å². The lowest BCUT2D eigenvalue weighted by Crippen LogP contribution is -2.16. The normalized spacial score (nSPS) is 10.5. The third-order valence-corrected chi connectivity index (χ3v) is 4.64. The van der Waals surface area contributed by atoms with Crippen molar-refractivity contribution in [1.82, 2.24) is 0 Å². The van der Waals surface area contributed by atoms with Gasteiger partial charge >= 0.3 is 0 Å². The van der Waals surface area contributed by atoms with Crippen molar-refractivity contribution in [3.8, 4) is 0 Å². The van der Waals surface area contributed by atoms with Crippen molar-refractivity contribution in [2.75, 3.05) is 30.7 Å². The molecule has 0 aromatic heterocycles. The molecular formula is C30H47N5O8. The number of benzene rings is 2. The monoisotopic (exact) mass is 605 g/mol. The smallest absolute Gasteiger partial charge is 0.293 e. The van der Waals surface area contributed by atoms with E-state index in [1.54, 1.807) is 12.1 Å². The number of nitro benzene ring substituents is 1. The van der Waals surface area contributed by atoms with Crippen LogP contribution in [0, 0.1) is 17.0 Å². The Morgan fingerprint density at radius 2 is 1.49 bits per heavy atom. The van der Waals surface area contributed by atoms with Crippen LogP contribution in [0.4, 0.5) is 17.1 Å². The number of nitrogens with one attached hydrogen (secondary N) is 2. The summed E-state index contributed by atoms with van der Waals surface area (Å²) in [6.45, 7) is 22.1. The fourth-order valence-electron chi connectivity index (χ4n) is 2.79. The number of nitrogens with two attached hydrogens (primary N) is 1. The first-order chi connectivity index (χ1) is 20.5. The van der Waals surface area contributed by atoms with Crippen LogP contribution in [0.15, 0.2) is 78.3 Å². The standard InChI is InChI=1S/C15H24N2O3.C9H16O3.C6H7N3O2/c1-5-18-19-11-10-15(20-12(2)3)17-16-14-9-7-6-8-13(14)4;1-6-10-12-9(5)8(4)11-7(2)3;7-8-5-3-1-2-4-6(5)9(10)11/h6-9,12,16H,5,10-11H2,1-4H3;7H,4-6H2,1-3H3;1-4,8H,7H2/b17-15-;;. The van der Waals surface area contributed by atoms with Crippen LogP contribution < -0.4 is 16.7 Å². The van der Waals surface area contributed by atoms with Crippen LogP contribution in [0.3, 0.4) is 0 Å². The Morgan fingerprint density at radius 3 is 2.00 bits per heavy atom. The lowest BCUT2D eigenvalue weighted by Gasteiger charge is -2.13. The summed E-state index contributed by atoms with van der Waals surface area (Å²) in [6.07, 6.45) is 0.691. The molecular weight excluding hydrogens is 558 g/mol. The molecule has 43 heavy (non-hydrogen) atoms. The molecule has 0 amide bonds. The molecule has 0 aliphatic rings. The number of hydrogen-bond donors (Lipinski definition) is 3. The van der Waals surface area contributed by atoms with E-state index in [-0.39, 0.29) is 17.9 Å². The minimum Gasteiger partial charge on any atom is -0.488 e. The van der Waals surface area contributed by atoms with Gasteiger partial charge in [0.05, 0.1) is 49.1 Å². The van der Waals surface area contributed by atoms with E-state index in [0.717, 1.165) is 11.3 Å². The molecule has 0 saturated heterocycles. The molecule has 0 spiro atoms. The third kappa shape index (κ3) is 18.8. The van der Waals surface area contributed by atoms with Crippen LogP contribution >= 0.6 is 0 Å². The number of anilines is 2. The molecule has 0 aliphatic heterocycles. The van der Waals surface area contributed by atoms with Gasteiger partial charge in [0.15, 0.2) is 11.5 Å². The predicted molar refractivity (Wildman–Crippen MR) is 169 cm³/mol. The number of para-hydroxylation sites is 3. The Morgan fingerprint density at radius 1 is 0.907 bits per heavy atom. The van der Waals surface area contributed by atoms with E-state index in [1.165, 1.54) is 12.1 Å². The molecule has 0 heterocycles. The van der Waals surface area contributed by atoms with Gasteiger partial charge < -0.3 is 19.8 Å². The van der Waals surface area contributed by atoms with Gasteiger partial charge in [-0.1, -0.05) is 36.9 Å². The summed E-state index contributed by atoms with van der Waals surface area (Å²) >= 11 is 0. The van der Waals surface area contributed by atoms with Gasteiger partial charge in [-0.15, -0.1) is 5.10 Å². The van der Waals surface area contributed by atoms with Crippen molar-refractivity contribution < 1.29 is 33.9 Å². The largest absolute Gasteiger partial charge is 0.488 e. The lowest BCUT2D eigenvalue weighted by atomic mass is 10.2. The Balaban J connectivity index is 0.000000659. The number of aryl methyl sites for hydroxylation is 1. The molecule has 2 aromatic carbocycles. The van der Waals surface area contributed by atoms with Crippen LogP contribution in [-0.4, -0.2) is 42.8 Å². The SMILES string of the molecule is C=C(OOCC)C(=C)OC(C)C.CCOOCC/C(=N/Nc1ccccc1C)OC(C)C.NNc1ccccc1[N+](=O)[O-]. The zero-order valence-electron chi connectivity index (χ0n) is 26.3. The second kappa shape index (κ2) is 23.4. The zero-order valence-corrected chi connectivity index (χ0v) is 26.3. The average Bonchev–Trinajstić information content (AvgIpc) is 2.97. The number of nitrogens with zero attached hydrogens (tertiary/aromatic N) is 2. The molecule has 0 bridgehead atoms. The van der Waals surface area contributed by atoms with Gasteiger partial charge in [-0.05, 0) is 72.7 Å². The van der Waals surface area contributed by atoms with Gasteiger partial charge in [-0.2, -0.15) is 4.89 Å². The predicted octanol–water partition coefficient (Wildman–Crippen LogP) is 6.79. The molecule has 13 heteroatoms. The number of nitrogen functional groups attached to an aromatic ring is 1. The molecule has 0 unspecified atom stereocenters. The minimum atomic E-state index is -0.491. The second-order valence-electron chi connectivity index (χ2n) is 9.00. The van der Waals surface area contributed by atoms with E-state index < -0.39 is 4.92 Å². The van der Waals surface area contributed by atoms with Crippen LogP contribution in [0.25, 0.3) is 0 Å².